The molecular weight excluding hydrogens is 398 g/mol. The van der Waals surface area contributed by atoms with Crippen molar-refractivity contribution in [1.82, 2.24) is 0 Å². The Bertz CT molecular complexity index is 682. The lowest BCUT2D eigenvalue weighted by atomic mass is 10.2. The van der Waals surface area contributed by atoms with Crippen molar-refractivity contribution in [2.24, 2.45) is 0 Å². The molecule has 0 unspecified atom stereocenters. The van der Waals surface area contributed by atoms with E-state index in [9.17, 15) is 4.79 Å². The summed E-state index contributed by atoms with van der Waals surface area (Å²) in [5.41, 5.74) is 2.03. The van der Waals surface area contributed by atoms with Gasteiger partial charge in [-0.25, -0.2) is 0 Å². The number of nitrogens with one attached hydrogen (secondary N) is 1. The number of rotatable bonds is 7. The number of halogens is 1. The summed E-state index contributed by atoms with van der Waals surface area (Å²) < 4.78 is 7.01. The van der Waals surface area contributed by atoms with E-state index in [1.807, 2.05) is 36.4 Å². The van der Waals surface area contributed by atoms with Crippen LogP contribution in [0.1, 0.15) is 31.2 Å². The molecule has 0 heterocycles. The van der Waals surface area contributed by atoms with Crippen LogP contribution in [-0.4, -0.2) is 17.8 Å². The van der Waals surface area contributed by atoms with Gasteiger partial charge >= 0.3 is 0 Å². The third-order valence-corrected chi connectivity index (χ3v) is 5.69. The van der Waals surface area contributed by atoms with Crippen LogP contribution in [0.5, 0.6) is 5.75 Å². The van der Waals surface area contributed by atoms with Gasteiger partial charge in [-0.05, 0) is 67.6 Å². The zero-order valence-electron chi connectivity index (χ0n) is 14.0. The van der Waals surface area contributed by atoms with Crippen molar-refractivity contribution in [1.29, 1.82) is 0 Å². The van der Waals surface area contributed by atoms with Gasteiger partial charge in [0.2, 0.25) is 5.91 Å². The van der Waals surface area contributed by atoms with Gasteiger partial charge < -0.3 is 10.1 Å². The average molecular weight is 420 g/mol. The van der Waals surface area contributed by atoms with Crippen molar-refractivity contribution in [3.05, 3.63) is 58.6 Å². The van der Waals surface area contributed by atoms with Crippen molar-refractivity contribution in [2.45, 2.75) is 37.5 Å². The van der Waals surface area contributed by atoms with Crippen molar-refractivity contribution in [3.63, 3.8) is 0 Å². The SMILES string of the molecule is O=C(CSCc1ccc(Br)cc1)Nc1ccc(OC2CCCC2)cc1. The molecule has 2 aromatic carbocycles. The summed E-state index contributed by atoms with van der Waals surface area (Å²) in [6.07, 6.45) is 5.17. The van der Waals surface area contributed by atoms with E-state index in [1.54, 1.807) is 11.8 Å². The summed E-state index contributed by atoms with van der Waals surface area (Å²) >= 11 is 5.04. The molecule has 0 spiro atoms. The molecule has 0 aromatic heterocycles. The second kappa shape index (κ2) is 9.30. The predicted octanol–water partition coefficient (Wildman–Crippen LogP) is 5.64. The summed E-state index contributed by atoms with van der Waals surface area (Å²) in [5, 5.41) is 2.94. The summed E-state index contributed by atoms with van der Waals surface area (Å²) in [6, 6.07) is 15.8. The number of hydrogen-bond acceptors (Lipinski definition) is 3. The highest BCUT2D eigenvalue weighted by Crippen LogP contribution is 2.25. The van der Waals surface area contributed by atoms with E-state index in [0.717, 1.165) is 34.5 Å². The Morgan fingerprint density at radius 2 is 1.76 bits per heavy atom. The van der Waals surface area contributed by atoms with E-state index in [2.05, 4.69) is 33.4 Å². The lowest BCUT2D eigenvalue weighted by Gasteiger charge is -2.13. The fourth-order valence-electron chi connectivity index (χ4n) is 2.85. The Labute approximate surface area is 161 Å². The first-order valence-corrected chi connectivity index (χ1v) is 10.5. The molecule has 0 saturated heterocycles. The zero-order valence-corrected chi connectivity index (χ0v) is 16.4. The van der Waals surface area contributed by atoms with Crippen LogP contribution < -0.4 is 10.1 Å². The molecule has 1 fully saturated rings. The van der Waals surface area contributed by atoms with E-state index in [-0.39, 0.29) is 5.91 Å². The second-order valence-electron chi connectivity index (χ2n) is 6.22. The lowest BCUT2D eigenvalue weighted by molar-refractivity contribution is -0.113. The molecular formula is C20H22BrNO2S. The molecule has 5 heteroatoms. The van der Waals surface area contributed by atoms with Crippen molar-refractivity contribution < 1.29 is 9.53 Å². The number of benzene rings is 2. The van der Waals surface area contributed by atoms with Gasteiger partial charge in [0.25, 0.3) is 0 Å². The Morgan fingerprint density at radius 1 is 1.08 bits per heavy atom. The molecule has 0 radical (unpaired) electrons. The van der Waals surface area contributed by atoms with Crippen molar-refractivity contribution >= 4 is 39.3 Å². The normalized spacial score (nSPS) is 14.4. The van der Waals surface area contributed by atoms with Crippen LogP contribution in [0, 0.1) is 0 Å². The molecule has 0 bridgehead atoms. The second-order valence-corrected chi connectivity index (χ2v) is 8.12. The molecule has 0 aliphatic heterocycles. The summed E-state index contributed by atoms with van der Waals surface area (Å²) in [6.45, 7) is 0. The van der Waals surface area contributed by atoms with E-state index in [4.69, 9.17) is 4.74 Å². The van der Waals surface area contributed by atoms with Crippen LogP contribution in [0.3, 0.4) is 0 Å². The third kappa shape index (κ3) is 6.08. The maximum Gasteiger partial charge on any atom is 0.234 e. The van der Waals surface area contributed by atoms with Crippen LogP contribution in [-0.2, 0) is 10.5 Å². The number of thioether (sulfide) groups is 1. The maximum absolute atomic E-state index is 12.0. The van der Waals surface area contributed by atoms with Crippen molar-refractivity contribution in [3.8, 4) is 5.75 Å². The highest BCUT2D eigenvalue weighted by Gasteiger charge is 2.16. The summed E-state index contributed by atoms with van der Waals surface area (Å²) in [7, 11) is 0. The van der Waals surface area contributed by atoms with E-state index in [0.29, 0.717) is 11.9 Å². The van der Waals surface area contributed by atoms with Crippen LogP contribution >= 0.6 is 27.7 Å². The van der Waals surface area contributed by atoms with E-state index >= 15 is 0 Å². The molecule has 1 amide bonds. The lowest BCUT2D eigenvalue weighted by Crippen LogP contribution is -2.14. The molecule has 3 nitrogen and oxygen atoms in total. The molecule has 1 saturated carbocycles. The molecule has 3 rings (SSSR count). The first kappa shape index (κ1) is 18.3. The largest absolute Gasteiger partial charge is 0.490 e. The van der Waals surface area contributed by atoms with Gasteiger partial charge in [-0.15, -0.1) is 11.8 Å². The predicted molar refractivity (Wildman–Crippen MR) is 108 cm³/mol. The van der Waals surface area contributed by atoms with Gasteiger partial charge in [0, 0.05) is 15.9 Å². The number of carbonyl (C=O) groups excluding carboxylic acids is 1. The Morgan fingerprint density at radius 3 is 2.44 bits per heavy atom. The maximum atomic E-state index is 12.0. The Hall–Kier alpha value is -1.46. The summed E-state index contributed by atoms with van der Waals surface area (Å²) in [5.74, 6) is 2.17. The number of ether oxygens (including phenoxy) is 1. The van der Waals surface area contributed by atoms with E-state index < -0.39 is 0 Å². The van der Waals surface area contributed by atoms with Crippen LogP contribution in [0.4, 0.5) is 5.69 Å². The minimum absolute atomic E-state index is 0.0200. The van der Waals surface area contributed by atoms with Gasteiger partial charge in [0.1, 0.15) is 5.75 Å². The van der Waals surface area contributed by atoms with Gasteiger partial charge in [-0.1, -0.05) is 28.1 Å². The molecule has 1 aliphatic carbocycles. The number of amides is 1. The van der Waals surface area contributed by atoms with Crippen LogP contribution in [0.25, 0.3) is 0 Å². The molecule has 25 heavy (non-hydrogen) atoms. The van der Waals surface area contributed by atoms with E-state index in [1.165, 1.54) is 18.4 Å². The minimum Gasteiger partial charge on any atom is -0.490 e. The number of carbonyl (C=O) groups is 1. The Kier molecular flexibility index (Phi) is 6.82. The monoisotopic (exact) mass is 419 g/mol. The standard InChI is InChI=1S/C20H22BrNO2S/c21-16-7-5-15(6-8-16)13-25-14-20(23)22-17-9-11-19(12-10-17)24-18-3-1-2-4-18/h5-12,18H,1-4,13-14H2,(H,22,23). The quantitative estimate of drug-likeness (QED) is 0.630. The molecule has 132 valence electrons. The highest BCUT2D eigenvalue weighted by molar-refractivity contribution is 9.10. The number of hydrogen-bond donors (Lipinski definition) is 1. The van der Waals surface area contributed by atoms with Crippen LogP contribution in [0.2, 0.25) is 0 Å². The third-order valence-electron chi connectivity index (χ3n) is 4.16. The Balaban J connectivity index is 1.40. The average Bonchev–Trinajstić information content (AvgIpc) is 3.11. The molecule has 1 aliphatic rings. The minimum atomic E-state index is 0.0200. The summed E-state index contributed by atoms with van der Waals surface area (Å²) in [4.78, 5) is 12.0. The fourth-order valence-corrected chi connectivity index (χ4v) is 3.91. The first-order chi connectivity index (χ1) is 12.2. The molecule has 1 N–H and O–H groups in total. The van der Waals surface area contributed by atoms with Crippen LogP contribution in [0.15, 0.2) is 53.0 Å². The smallest absolute Gasteiger partial charge is 0.234 e. The highest BCUT2D eigenvalue weighted by atomic mass is 79.9. The fraction of sp³-hybridized carbons (Fsp3) is 0.350. The van der Waals surface area contributed by atoms with Gasteiger partial charge in [-0.2, -0.15) is 0 Å². The number of anilines is 1. The molecule has 0 atom stereocenters. The zero-order chi connectivity index (χ0) is 17.5. The van der Waals surface area contributed by atoms with Crippen molar-refractivity contribution in [2.75, 3.05) is 11.1 Å². The van der Waals surface area contributed by atoms with Gasteiger partial charge in [0.15, 0.2) is 0 Å². The first-order valence-electron chi connectivity index (χ1n) is 8.58. The van der Waals surface area contributed by atoms with Gasteiger partial charge in [-0.3, -0.25) is 4.79 Å². The van der Waals surface area contributed by atoms with Gasteiger partial charge in [0.05, 0.1) is 11.9 Å². The topological polar surface area (TPSA) is 38.3 Å². The molecule has 2 aromatic rings.